The van der Waals surface area contributed by atoms with E-state index in [-0.39, 0.29) is 12.5 Å². The van der Waals surface area contributed by atoms with E-state index >= 15 is 0 Å². The summed E-state index contributed by atoms with van der Waals surface area (Å²) in [5.74, 6) is 1.30. The van der Waals surface area contributed by atoms with Gasteiger partial charge in [0, 0.05) is 46.0 Å². The molecule has 1 aliphatic heterocycles. The molecule has 1 heterocycles. The van der Waals surface area contributed by atoms with Crippen LogP contribution in [0.3, 0.4) is 0 Å². The van der Waals surface area contributed by atoms with Crippen LogP contribution in [-0.2, 0) is 4.79 Å². The zero-order chi connectivity index (χ0) is 17.4. The van der Waals surface area contributed by atoms with Crippen LogP contribution in [-0.4, -0.2) is 63.6 Å². The number of hydrogen-bond donors (Lipinski definition) is 2. The predicted molar refractivity (Wildman–Crippen MR) is 99.4 cm³/mol. The molecule has 0 saturated carbocycles. The average molecular weight is 331 g/mol. The number of aliphatic imine (C=N–C) groups is 1. The maximum absolute atomic E-state index is 11.7. The van der Waals surface area contributed by atoms with Crippen LogP contribution in [0.15, 0.2) is 35.3 Å². The van der Waals surface area contributed by atoms with Gasteiger partial charge in [0.15, 0.2) is 5.96 Å². The number of para-hydroxylation sites is 1. The fraction of sp³-hybridized carbons (Fsp3) is 0.556. The van der Waals surface area contributed by atoms with Crippen LogP contribution in [0.2, 0.25) is 0 Å². The molecule has 1 unspecified atom stereocenters. The maximum atomic E-state index is 11.7. The molecule has 132 valence electrons. The Morgan fingerprint density at radius 3 is 2.71 bits per heavy atom. The minimum Gasteiger partial charge on any atom is -0.371 e. The van der Waals surface area contributed by atoms with Crippen LogP contribution in [0.25, 0.3) is 0 Å². The van der Waals surface area contributed by atoms with Crippen LogP contribution in [0, 0.1) is 5.92 Å². The summed E-state index contributed by atoms with van der Waals surface area (Å²) in [6.45, 7) is 5.98. The molecule has 1 saturated heterocycles. The molecule has 1 aliphatic rings. The Morgan fingerprint density at radius 2 is 2.04 bits per heavy atom. The second kappa shape index (κ2) is 9.15. The number of nitrogens with one attached hydrogen (secondary N) is 2. The molecule has 1 fully saturated rings. The van der Waals surface area contributed by atoms with Crippen molar-refractivity contribution in [2.75, 3.05) is 51.7 Å². The summed E-state index contributed by atoms with van der Waals surface area (Å²) in [5.41, 5.74) is 1.29. The van der Waals surface area contributed by atoms with E-state index < -0.39 is 0 Å². The third-order valence-electron chi connectivity index (χ3n) is 4.18. The quantitative estimate of drug-likeness (QED) is 0.607. The Bertz CT molecular complexity index is 544. The molecule has 6 nitrogen and oxygen atoms in total. The molecule has 24 heavy (non-hydrogen) atoms. The van der Waals surface area contributed by atoms with Gasteiger partial charge in [-0.25, -0.2) is 4.99 Å². The van der Waals surface area contributed by atoms with E-state index in [1.807, 2.05) is 13.0 Å². The average Bonchev–Trinajstić information content (AvgIpc) is 3.06. The van der Waals surface area contributed by atoms with Gasteiger partial charge < -0.3 is 20.4 Å². The monoisotopic (exact) mass is 331 g/mol. The van der Waals surface area contributed by atoms with Crippen LogP contribution in [0.5, 0.6) is 0 Å². The number of likely N-dealkylation sites (N-methyl/N-ethyl adjacent to an activating group) is 1. The largest absolute Gasteiger partial charge is 0.371 e. The summed E-state index contributed by atoms with van der Waals surface area (Å²) in [7, 11) is 3.49. The van der Waals surface area contributed by atoms with E-state index in [0.29, 0.717) is 11.9 Å². The minimum absolute atomic E-state index is 0.00308. The predicted octanol–water partition coefficient (Wildman–Crippen LogP) is 1.16. The third kappa shape index (κ3) is 5.44. The molecule has 1 aromatic rings. The molecule has 1 aromatic carbocycles. The molecular weight excluding hydrogens is 302 g/mol. The summed E-state index contributed by atoms with van der Waals surface area (Å²) >= 11 is 0. The standard InChI is InChI=1S/C18H29N5O/c1-4-19-18(21-13-17(24)22(2)3)20-12-15-10-11-23(14-15)16-8-6-5-7-9-16/h5-9,15H,4,10-14H2,1-3H3,(H2,19,20,21). The molecule has 0 aromatic heterocycles. The van der Waals surface area contributed by atoms with E-state index in [4.69, 9.17) is 0 Å². The van der Waals surface area contributed by atoms with Crippen molar-refractivity contribution in [2.24, 2.45) is 10.9 Å². The van der Waals surface area contributed by atoms with Crippen molar-refractivity contribution in [1.29, 1.82) is 0 Å². The molecule has 0 spiro atoms. The highest BCUT2D eigenvalue weighted by molar-refractivity contribution is 5.84. The van der Waals surface area contributed by atoms with Gasteiger partial charge in [0.25, 0.3) is 0 Å². The number of anilines is 1. The van der Waals surface area contributed by atoms with Gasteiger partial charge in [-0.1, -0.05) is 18.2 Å². The topological polar surface area (TPSA) is 60.0 Å². The summed E-state index contributed by atoms with van der Waals surface area (Å²) in [6.07, 6.45) is 1.16. The van der Waals surface area contributed by atoms with Gasteiger partial charge in [0.1, 0.15) is 6.54 Å². The lowest BCUT2D eigenvalue weighted by Gasteiger charge is -2.19. The summed E-state index contributed by atoms with van der Waals surface area (Å²) in [5, 5.41) is 6.57. The Labute approximate surface area is 144 Å². The van der Waals surface area contributed by atoms with Gasteiger partial charge in [-0.2, -0.15) is 0 Å². The number of carbonyl (C=O) groups is 1. The third-order valence-corrected chi connectivity index (χ3v) is 4.18. The highest BCUT2D eigenvalue weighted by Crippen LogP contribution is 2.22. The molecule has 1 atom stereocenters. The molecule has 0 aliphatic carbocycles. The summed E-state index contributed by atoms with van der Waals surface area (Å²) in [6, 6.07) is 10.5. The Morgan fingerprint density at radius 1 is 1.29 bits per heavy atom. The van der Waals surface area contributed by atoms with E-state index in [1.165, 1.54) is 5.69 Å². The number of guanidine groups is 1. The van der Waals surface area contributed by atoms with Crippen molar-refractivity contribution in [2.45, 2.75) is 13.3 Å². The van der Waals surface area contributed by atoms with Gasteiger partial charge in [0.2, 0.25) is 5.91 Å². The van der Waals surface area contributed by atoms with Crippen molar-refractivity contribution < 1.29 is 4.79 Å². The first-order valence-corrected chi connectivity index (χ1v) is 8.62. The smallest absolute Gasteiger partial charge is 0.243 e. The number of nitrogens with zero attached hydrogens (tertiary/aromatic N) is 3. The van der Waals surface area contributed by atoms with Gasteiger partial charge in [0.05, 0.1) is 0 Å². The van der Waals surface area contributed by atoms with E-state index in [9.17, 15) is 4.79 Å². The Hall–Kier alpha value is -2.24. The first-order valence-electron chi connectivity index (χ1n) is 8.62. The van der Waals surface area contributed by atoms with Crippen molar-refractivity contribution >= 4 is 17.6 Å². The Kier molecular flexibility index (Phi) is 6.90. The molecule has 2 rings (SSSR count). The normalized spacial score (nSPS) is 17.7. The van der Waals surface area contributed by atoms with Crippen LogP contribution >= 0.6 is 0 Å². The zero-order valence-electron chi connectivity index (χ0n) is 15.0. The van der Waals surface area contributed by atoms with E-state index in [2.05, 4.69) is 44.8 Å². The lowest BCUT2D eigenvalue weighted by Crippen LogP contribution is -2.41. The fourth-order valence-corrected chi connectivity index (χ4v) is 2.74. The molecule has 2 N–H and O–H groups in total. The van der Waals surface area contributed by atoms with E-state index in [1.54, 1.807) is 19.0 Å². The fourth-order valence-electron chi connectivity index (χ4n) is 2.74. The van der Waals surface area contributed by atoms with Crippen LogP contribution < -0.4 is 15.5 Å². The summed E-state index contributed by atoms with van der Waals surface area (Å²) < 4.78 is 0. The second-order valence-electron chi connectivity index (χ2n) is 6.30. The maximum Gasteiger partial charge on any atom is 0.243 e. The lowest BCUT2D eigenvalue weighted by molar-refractivity contribution is -0.127. The van der Waals surface area contributed by atoms with Gasteiger partial charge in [-0.3, -0.25) is 4.79 Å². The molecule has 6 heteroatoms. The first kappa shape index (κ1) is 18.1. The van der Waals surface area contributed by atoms with Crippen LogP contribution in [0.1, 0.15) is 13.3 Å². The van der Waals surface area contributed by atoms with Crippen molar-refractivity contribution in [3.05, 3.63) is 30.3 Å². The zero-order valence-corrected chi connectivity index (χ0v) is 15.0. The van der Waals surface area contributed by atoms with Gasteiger partial charge in [-0.15, -0.1) is 0 Å². The highest BCUT2D eigenvalue weighted by atomic mass is 16.2. The lowest BCUT2D eigenvalue weighted by atomic mass is 10.1. The molecule has 0 radical (unpaired) electrons. The number of hydrogen-bond acceptors (Lipinski definition) is 3. The van der Waals surface area contributed by atoms with Crippen LogP contribution in [0.4, 0.5) is 5.69 Å². The number of carbonyl (C=O) groups excluding carboxylic acids is 1. The second-order valence-corrected chi connectivity index (χ2v) is 6.30. The number of benzene rings is 1. The highest BCUT2D eigenvalue weighted by Gasteiger charge is 2.22. The van der Waals surface area contributed by atoms with Crippen molar-refractivity contribution in [3.8, 4) is 0 Å². The molecular formula is C18H29N5O. The SMILES string of the molecule is CCNC(=NCC(=O)N(C)C)NCC1CCN(c2ccccc2)C1. The summed E-state index contributed by atoms with van der Waals surface area (Å²) in [4.78, 5) is 20.0. The van der Waals surface area contributed by atoms with Crippen molar-refractivity contribution in [3.63, 3.8) is 0 Å². The number of rotatable bonds is 6. The van der Waals surface area contributed by atoms with Gasteiger partial charge >= 0.3 is 0 Å². The minimum atomic E-state index is 0.00308. The first-order chi connectivity index (χ1) is 11.6. The van der Waals surface area contributed by atoms with Crippen molar-refractivity contribution in [1.82, 2.24) is 15.5 Å². The van der Waals surface area contributed by atoms with E-state index in [0.717, 1.165) is 32.6 Å². The Balaban J connectivity index is 1.82. The molecule has 0 bridgehead atoms. The number of amides is 1. The van der Waals surface area contributed by atoms with Gasteiger partial charge in [-0.05, 0) is 31.4 Å². The molecule has 1 amide bonds.